The number of hydrogen-bond donors (Lipinski definition) is 1. The van der Waals surface area contributed by atoms with Gasteiger partial charge in [0.2, 0.25) is 5.91 Å². The molecule has 1 amide bonds. The van der Waals surface area contributed by atoms with E-state index in [1.807, 2.05) is 32.9 Å². The number of Topliss-reactive ketones (excluding diaryl/α,β-unsaturated/α-hetero) is 1. The van der Waals surface area contributed by atoms with Gasteiger partial charge in [-0.3, -0.25) is 9.59 Å². The van der Waals surface area contributed by atoms with Crippen LogP contribution in [0.2, 0.25) is 0 Å². The van der Waals surface area contributed by atoms with Crippen molar-refractivity contribution in [1.29, 1.82) is 0 Å². The van der Waals surface area contributed by atoms with Crippen molar-refractivity contribution in [3.63, 3.8) is 0 Å². The van der Waals surface area contributed by atoms with Crippen LogP contribution >= 0.6 is 0 Å². The van der Waals surface area contributed by atoms with Crippen molar-refractivity contribution in [3.05, 3.63) is 29.3 Å². The van der Waals surface area contributed by atoms with E-state index in [-0.39, 0.29) is 17.1 Å². The van der Waals surface area contributed by atoms with E-state index in [0.717, 1.165) is 16.8 Å². The highest BCUT2D eigenvalue weighted by atomic mass is 16.1. The van der Waals surface area contributed by atoms with Gasteiger partial charge in [0.05, 0.1) is 0 Å². The highest BCUT2D eigenvalue weighted by Gasteiger charge is 2.32. The SMILES string of the molecule is CCC(=O)c1ccc2c(c1)C(C)(C)CC(=O)N2. The van der Waals surface area contributed by atoms with Crippen molar-refractivity contribution in [3.8, 4) is 0 Å². The van der Waals surface area contributed by atoms with Gasteiger partial charge in [0.25, 0.3) is 0 Å². The molecule has 1 heterocycles. The van der Waals surface area contributed by atoms with Gasteiger partial charge in [-0.05, 0) is 23.8 Å². The van der Waals surface area contributed by atoms with E-state index >= 15 is 0 Å². The molecule has 0 aliphatic carbocycles. The van der Waals surface area contributed by atoms with Gasteiger partial charge in [-0.2, -0.15) is 0 Å². The average Bonchev–Trinajstić information content (AvgIpc) is 2.26. The molecule has 17 heavy (non-hydrogen) atoms. The van der Waals surface area contributed by atoms with Gasteiger partial charge >= 0.3 is 0 Å². The maximum atomic E-state index is 11.7. The third kappa shape index (κ3) is 2.09. The van der Waals surface area contributed by atoms with Gasteiger partial charge in [0.15, 0.2) is 5.78 Å². The molecule has 3 nitrogen and oxygen atoms in total. The smallest absolute Gasteiger partial charge is 0.225 e. The van der Waals surface area contributed by atoms with Crippen LogP contribution in [-0.4, -0.2) is 11.7 Å². The van der Waals surface area contributed by atoms with Gasteiger partial charge in [0, 0.05) is 29.5 Å². The Morgan fingerprint density at radius 2 is 2.12 bits per heavy atom. The fourth-order valence-corrected chi connectivity index (χ4v) is 2.28. The van der Waals surface area contributed by atoms with Crippen molar-refractivity contribution in [2.24, 2.45) is 0 Å². The Hall–Kier alpha value is -1.64. The Kier molecular flexibility index (Phi) is 2.77. The van der Waals surface area contributed by atoms with Crippen LogP contribution in [0.3, 0.4) is 0 Å². The summed E-state index contributed by atoms with van der Waals surface area (Å²) in [5.74, 6) is 0.178. The first-order valence-electron chi connectivity index (χ1n) is 5.91. The van der Waals surface area contributed by atoms with Crippen LogP contribution in [0.1, 0.15) is 49.5 Å². The summed E-state index contributed by atoms with van der Waals surface area (Å²) < 4.78 is 0. The van der Waals surface area contributed by atoms with Gasteiger partial charge in [-0.25, -0.2) is 0 Å². The molecule has 0 aromatic heterocycles. The average molecular weight is 231 g/mol. The molecule has 0 atom stereocenters. The molecule has 0 saturated heterocycles. The number of carbonyl (C=O) groups excluding carboxylic acids is 2. The minimum atomic E-state index is -0.207. The Balaban J connectivity index is 2.51. The summed E-state index contributed by atoms with van der Waals surface area (Å²) in [6.45, 7) is 5.92. The zero-order valence-electron chi connectivity index (χ0n) is 10.5. The molecule has 1 aromatic carbocycles. The summed E-state index contributed by atoms with van der Waals surface area (Å²) in [5, 5.41) is 2.85. The minimum Gasteiger partial charge on any atom is -0.326 e. The number of anilines is 1. The summed E-state index contributed by atoms with van der Waals surface area (Å²) in [5.41, 5.74) is 2.41. The second-order valence-electron chi connectivity index (χ2n) is 5.15. The molecular weight excluding hydrogens is 214 g/mol. The molecule has 90 valence electrons. The second kappa shape index (κ2) is 3.99. The van der Waals surface area contributed by atoms with E-state index in [0.29, 0.717) is 12.8 Å². The highest BCUT2D eigenvalue weighted by molar-refractivity contribution is 5.99. The standard InChI is InChI=1S/C14H17NO2/c1-4-12(16)9-5-6-11-10(7-9)14(2,3)8-13(17)15-11/h5-7H,4,8H2,1-3H3,(H,15,17). The maximum Gasteiger partial charge on any atom is 0.225 e. The zero-order chi connectivity index (χ0) is 12.6. The van der Waals surface area contributed by atoms with Crippen LogP contribution < -0.4 is 5.32 Å². The Morgan fingerprint density at radius 1 is 1.41 bits per heavy atom. The zero-order valence-corrected chi connectivity index (χ0v) is 10.5. The number of amides is 1. The third-order valence-electron chi connectivity index (χ3n) is 3.27. The predicted octanol–water partition coefficient (Wildman–Crippen LogP) is 2.90. The molecule has 0 fully saturated rings. The van der Waals surface area contributed by atoms with Crippen LogP contribution in [0.15, 0.2) is 18.2 Å². The number of nitrogens with one attached hydrogen (secondary N) is 1. The highest BCUT2D eigenvalue weighted by Crippen LogP contribution is 2.37. The van der Waals surface area contributed by atoms with Crippen molar-refractivity contribution >= 4 is 17.4 Å². The molecule has 1 N–H and O–H groups in total. The number of carbonyl (C=O) groups is 2. The quantitative estimate of drug-likeness (QED) is 0.795. The lowest BCUT2D eigenvalue weighted by atomic mass is 9.77. The molecule has 1 aliphatic heterocycles. The largest absolute Gasteiger partial charge is 0.326 e. The minimum absolute atomic E-state index is 0.0390. The summed E-state index contributed by atoms with van der Waals surface area (Å²) in [7, 11) is 0. The number of fused-ring (bicyclic) bond motifs is 1. The van der Waals surface area contributed by atoms with Crippen LogP contribution in [0, 0.1) is 0 Å². The summed E-state index contributed by atoms with van der Waals surface area (Å²) >= 11 is 0. The molecule has 1 aliphatic rings. The monoisotopic (exact) mass is 231 g/mol. The van der Waals surface area contributed by atoms with Gasteiger partial charge in [-0.15, -0.1) is 0 Å². The summed E-state index contributed by atoms with van der Waals surface area (Å²) in [6.07, 6.45) is 0.968. The van der Waals surface area contributed by atoms with Crippen molar-refractivity contribution in [2.45, 2.75) is 39.0 Å². The van der Waals surface area contributed by atoms with Gasteiger partial charge in [-0.1, -0.05) is 20.8 Å². The molecule has 1 aromatic rings. The van der Waals surface area contributed by atoms with Gasteiger partial charge < -0.3 is 5.32 Å². The van der Waals surface area contributed by atoms with E-state index < -0.39 is 0 Å². The fourth-order valence-electron chi connectivity index (χ4n) is 2.28. The Morgan fingerprint density at radius 3 is 2.76 bits per heavy atom. The van der Waals surface area contributed by atoms with E-state index in [9.17, 15) is 9.59 Å². The molecule has 2 rings (SSSR count). The number of rotatable bonds is 2. The molecule has 0 unspecified atom stereocenters. The molecule has 0 radical (unpaired) electrons. The fraction of sp³-hybridized carbons (Fsp3) is 0.429. The first-order chi connectivity index (χ1) is 7.94. The normalized spacial score (nSPS) is 17.2. The van der Waals surface area contributed by atoms with Crippen molar-refractivity contribution in [2.75, 3.05) is 5.32 Å². The van der Waals surface area contributed by atoms with Crippen molar-refractivity contribution < 1.29 is 9.59 Å². The molecule has 0 saturated carbocycles. The van der Waals surface area contributed by atoms with E-state index in [2.05, 4.69) is 5.32 Å². The summed E-state index contributed by atoms with van der Waals surface area (Å²) in [6, 6.07) is 5.53. The van der Waals surface area contributed by atoms with Gasteiger partial charge in [0.1, 0.15) is 0 Å². The van der Waals surface area contributed by atoms with Crippen LogP contribution in [0.4, 0.5) is 5.69 Å². The van der Waals surface area contributed by atoms with E-state index in [4.69, 9.17) is 0 Å². The first kappa shape index (κ1) is 11.8. The van der Waals surface area contributed by atoms with E-state index in [1.54, 1.807) is 6.07 Å². The lowest BCUT2D eigenvalue weighted by Gasteiger charge is -2.32. The van der Waals surface area contributed by atoms with Crippen molar-refractivity contribution in [1.82, 2.24) is 0 Å². The molecular formula is C14H17NO2. The lowest BCUT2D eigenvalue weighted by molar-refractivity contribution is -0.117. The molecule has 0 bridgehead atoms. The Labute approximate surface area is 101 Å². The summed E-state index contributed by atoms with van der Waals surface area (Å²) in [4.78, 5) is 23.2. The van der Waals surface area contributed by atoms with Crippen LogP contribution in [0.5, 0.6) is 0 Å². The maximum absolute atomic E-state index is 11.7. The molecule has 3 heteroatoms. The Bertz CT molecular complexity index is 489. The topological polar surface area (TPSA) is 46.2 Å². The first-order valence-corrected chi connectivity index (χ1v) is 5.91. The van der Waals surface area contributed by atoms with Crippen LogP contribution in [-0.2, 0) is 10.2 Å². The molecule has 0 spiro atoms. The second-order valence-corrected chi connectivity index (χ2v) is 5.15. The van der Waals surface area contributed by atoms with E-state index in [1.165, 1.54) is 0 Å². The number of benzene rings is 1. The lowest BCUT2D eigenvalue weighted by Crippen LogP contribution is -2.32. The van der Waals surface area contributed by atoms with Crippen LogP contribution in [0.25, 0.3) is 0 Å². The predicted molar refractivity (Wildman–Crippen MR) is 67.3 cm³/mol. The number of hydrogen-bond acceptors (Lipinski definition) is 2. The number of ketones is 1. The third-order valence-corrected chi connectivity index (χ3v) is 3.27.